The van der Waals surface area contributed by atoms with E-state index in [4.69, 9.17) is 5.73 Å². The van der Waals surface area contributed by atoms with E-state index in [1.807, 2.05) is 17.0 Å². The first-order valence-corrected chi connectivity index (χ1v) is 10.0. The Labute approximate surface area is 169 Å². The predicted molar refractivity (Wildman–Crippen MR) is 110 cm³/mol. The summed E-state index contributed by atoms with van der Waals surface area (Å²) >= 11 is 0. The standard InChI is InChI=1S/C21H25FN6O/c22-17-6-7-19(25-12-17)27-9-10-28-18(13-27)11-16(21(28)29)4-1-3-15-5-2-8-24-20(15)26-14-23/h2,5-8,12,14,16,18H,1,3-4,9-11,13H2,(H2,23,24,26)/t16-,18+/m1/s1. The number of carbonyl (C=O) groups excluding carboxylic acids is 1. The van der Waals surface area contributed by atoms with E-state index in [0.717, 1.165) is 50.2 Å². The summed E-state index contributed by atoms with van der Waals surface area (Å²) in [6, 6.07) is 7.23. The summed E-state index contributed by atoms with van der Waals surface area (Å²) in [5.74, 6) is 1.39. The molecule has 0 spiro atoms. The molecule has 8 heteroatoms. The summed E-state index contributed by atoms with van der Waals surface area (Å²) in [7, 11) is 0. The Hall–Kier alpha value is -3.03. The summed E-state index contributed by atoms with van der Waals surface area (Å²) in [4.78, 5) is 29.5. The maximum Gasteiger partial charge on any atom is 0.226 e. The van der Waals surface area contributed by atoms with E-state index < -0.39 is 0 Å². The lowest BCUT2D eigenvalue weighted by atomic mass is 9.96. The van der Waals surface area contributed by atoms with Crippen LogP contribution in [0.4, 0.5) is 16.0 Å². The predicted octanol–water partition coefficient (Wildman–Crippen LogP) is 2.29. The van der Waals surface area contributed by atoms with Crippen molar-refractivity contribution in [2.45, 2.75) is 31.7 Å². The van der Waals surface area contributed by atoms with Crippen LogP contribution in [0, 0.1) is 11.7 Å². The van der Waals surface area contributed by atoms with Gasteiger partial charge in [0.25, 0.3) is 0 Å². The molecule has 29 heavy (non-hydrogen) atoms. The highest BCUT2D eigenvalue weighted by molar-refractivity contribution is 5.82. The molecule has 7 nitrogen and oxygen atoms in total. The van der Waals surface area contributed by atoms with Gasteiger partial charge in [0.2, 0.25) is 5.91 Å². The van der Waals surface area contributed by atoms with Gasteiger partial charge in [0.15, 0.2) is 5.82 Å². The van der Waals surface area contributed by atoms with E-state index in [0.29, 0.717) is 12.4 Å². The molecule has 4 heterocycles. The summed E-state index contributed by atoms with van der Waals surface area (Å²) in [5, 5.41) is 0. The second kappa shape index (κ2) is 8.55. The molecule has 2 aliphatic rings. The molecule has 0 unspecified atom stereocenters. The molecule has 2 N–H and O–H groups in total. The number of halogens is 1. The Morgan fingerprint density at radius 1 is 1.28 bits per heavy atom. The number of nitrogens with zero attached hydrogens (tertiary/aromatic N) is 5. The number of hydrogen-bond donors (Lipinski definition) is 1. The van der Waals surface area contributed by atoms with Crippen LogP contribution in [0.3, 0.4) is 0 Å². The van der Waals surface area contributed by atoms with Crippen LogP contribution in [-0.2, 0) is 11.2 Å². The van der Waals surface area contributed by atoms with Crippen molar-refractivity contribution in [3.8, 4) is 0 Å². The zero-order valence-electron chi connectivity index (χ0n) is 16.2. The highest BCUT2D eigenvalue weighted by Crippen LogP contribution is 2.32. The van der Waals surface area contributed by atoms with Crippen LogP contribution < -0.4 is 10.6 Å². The minimum absolute atomic E-state index is 0.0549. The minimum atomic E-state index is -0.336. The number of pyridine rings is 2. The number of hydrogen-bond acceptors (Lipinski definition) is 5. The number of nitrogens with two attached hydrogens (primary N) is 1. The van der Waals surface area contributed by atoms with Gasteiger partial charge in [0.05, 0.1) is 18.6 Å². The summed E-state index contributed by atoms with van der Waals surface area (Å²) in [6.07, 6.45) is 7.63. The average molecular weight is 396 g/mol. The molecule has 0 aromatic carbocycles. The van der Waals surface area contributed by atoms with Crippen LogP contribution in [0.5, 0.6) is 0 Å². The van der Waals surface area contributed by atoms with Crippen molar-refractivity contribution in [3.05, 3.63) is 48.0 Å². The third-order valence-corrected chi connectivity index (χ3v) is 5.77. The van der Waals surface area contributed by atoms with Gasteiger partial charge in [-0.15, -0.1) is 0 Å². The van der Waals surface area contributed by atoms with Crippen molar-refractivity contribution in [1.82, 2.24) is 14.9 Å². The normalized spacial score (nSPS) is 21.8. The number of aromatic nitrogens is 2. The fourth-order valence-electron chi connectivity index (χ4n) is 4.37. The van der Waals surface area contributed by atoms with Crippen molar-refractivity contribution in [3.63, 3.8) is 0 Å². The van der Waals surface area contributed by atoms with Crippen LogP contribution in [0.25, 0.3) is 0 Å². The Bertz CT molecular complexity index is 887. The average Bonchev–Trinajstić information content (AvgIpc) is 3.05. The second-order valence-corrected chi connectivity index (χ2v) is 7.56. The van der Waals surface area contributed by atoms with Gasteiger partial charge in [-0.05, 0) is 49.4 Å². The lowest BCUT2D eigenvalue weighted by molar-refractivity contribution is -0.132. The molecule has 2 aliphatic heterocycles. The number of aliphatic imine (C=N–C) groups is 1. The topological polar surface area (TPSA) is 87.7 Å². The molecule has 1 amide bonds. The van der Waals surface area contributed by atoms with Crippen LogP contribution in [0.1, 0.15) is 24.8 Å². The highest BCUT2D eigenvalue weighted by atomic mass is 19.1. The van der Waals surface area contributed by atoms with Crippen molar-refractivity contribution in [2.75, 3.05) is 24.5 Å². The van der Waals surface area contributed by atoms with E-state index in [-0.39, 0.29) is 23.7 Å². The number of carbonyl (C=O) groups is 1. The Morgan fingerprint density at radius 2 is 2.17 bits per heavy atom. The Balaban J connectivity index is 1.33. The number of fused-ring (bicyclic) bond motifs is 1. The first-order valence-electron chi connectivity index (χ1n) is 10.0. The molecule has 2 aromatic rings. The first-order chi connectivity index (χ1) is 14.2. The molecule has 2 fully saturated rings. The van der Waals surface area contributed by atoms with E-state index >= 15 is 0 Å². The molecule has 2 atom stereocenters. The second-order valence-electron chi connectivity index (χ2n) is 7.56. The van der Waals surface area contributed by atoms with Gasteiger partial charge >= 0.3 is 0 Å². The first kappa shape index (κ1) is 19.3. The summed E-state index contributed by atoms with van der Waals surface area (Å²) < 4.78 is 13.1. The smallest absolute Gasteiger partial charge is 0.226 e. The van der Waals surface area contributed by atoms with Gasteiger partial charge in [-0.2, -0.15) is 0 Å². The van der Waals surface area contributed by atoms with Crippen LogP contribution in [0.15, 0.2) is 41.7 Å². The largest absolute Gasteiger partial charge is 0.390 e. The third kappa shape index (κ3) is 4.21. The SMILES string of the molecule is N/C=N\c1ncccc1CCC[C@@H]1C[C@H]2CN(c3ccc(F)cn3)CCN2C1=O. The van der Waals surface area contributed by atoms with Crippen molar-refractivity contribution < 1.29 is 9.18 Å². The number of piperazine rings is 1. The number of aryl methyl sites for hydroxylation is 1. The monoisotopic (exact) mass is 396 g/mol. The molecule has 0 radical (unpaired) electrons. The summed E-state index contributed by atoms with van der Waals surface area (Å²) in [5.41, 5.74) is 6.44. The quantitative estimate of drug-likeness (QED) is 0.598. The number of rotatable bonds is 6. The van der Waals surface area contributed by atoms with Crippen molar-refractivity contribution >= 4 is 23.9 Å². The molecule has 2 saturated heterocycles. The third-order valence-electron chi connectivity index (χ3n) is 5.77. The summed E-state index contributed by atoms with van der Waals surface area (Å²) in [6.45, 7) is 2.17. The van der Waals surface area contributed by atoms with E-state index in [9.17, 15) is 9.18 Å². The molecule has 0 aliphatic carbocycles. The number of amides is 1. The molecule has 2 aromatic heterocycles. The van der Waals surface area contributed by atoms with Gasteiger partial charge in [-0.25, -0.2) is 19.4 Å². The maximum atomic E-state index is 13.1. The zero-order chi connectivity index (χ0) is 20.2. The fraction of sp³-hybridized carbons (Fsp3) is 0.429. The fourth-order valence-corrected chi connectivity index (χ4v) is 4.37. The lowest BCUT2D eigenvalue weighted by Crippen LogP contribution is -2.51. The zero-order valence-corrected chi connectivity index (χ0v) is 16.2. The molecule has 0 bridgehead atoms. The lowest BCUT2D eigenvalue weighted by Gasteiger charge is -2.38. The molecule has 0 saturated carbocycles. The van der Waals surface area contributed by atoms with Crippen LogP contribution in [0.2, 0.25) is 0 Å². The molecule has 4 rings (SSSR count). The van der Waals surface area contributed by atoms with Crippen LogP contribution in [-0.4, -0.2) is 52.8 Å². The van der Waals surface area contributed by atoms with Crippen LogP contribution >= 0.6 is 0 Å². The minimum Gasteiger partial charge on any atom is -0.390 e. The van der Waals surface area contributed by atoms with E-state index in [2.05, 4.69) is 19.9 Å². The molecule has 152 valence electrons. The maximum absolute atomic E-state index is 13.1. The molecular formula is C21H25FN6O. The van der Waals surface area contributed by atoms with Gasteiger partial charge < -0.3 is 15.5 Å². The van der Waals surface area contributed by atoms with E-state index in [1.54, 1.807) is 12.3 Å². The van der Waals surface area contributed by atoms with Gasteiger partial charge in [-0.1, -0.05) is 6.07 Å². The van der Waals surface area contributed by atoms with E-state index in [1.165, 1.54) is 18.6 Å². The van der Waals surface area contributed by atoms with Gasteiger partial charge in [0.1, 0.15) is 11.6 Å². The van der Waals surface area contributed by atoms with Crippen molar-refractivity contribution in [1.29, 1.82) is 0 Å². The Morgan fingerprint density at radius 3 is 2.97 bits per heavy atom. The Kier molecular flexibility index (Phi) is 5.69. The van der Waals surface area contributed by atoms with Gasteiger partial charge in [0, 0.05) is 31.7 Å². The number of anilines is 1. The van der Waals surface area contributed by atoms with Gasteiger partial charge in [-0.3, -0.25) is 4.79 Å². The van der Waals surface area contributed by atoms with Crippen molar-refractivity contribution in [2.24, 2.45) is 16.6 Å². The highest BCUT2D eigenvalue weighted by Gasteiger charge is 2.42. The molecular weight excluding hydrogens is 371 g/mol.